The Kier molecular flexibility index (Phi) is 4.50. The van der Waals surface area contributed by atoms with E-state index < -0.39 is 0 Å². The van der Waals surface area contributed by atoms with Crippen LogP contribution in [0.25, 0.3) is 0 Å². The van der Waals surface area contributed by atoms with E-state index >= 15 is 0 Å². The van der Waals surface area contributed by atoms with Crippen molar-refractivity contribution in [2.24, 2.45) is 11.8 Å². The van der Waals surface area contributed by atoms with Crippen LogP contribution in [0.5, 0.6) is 11.5 Å². The fourth-order valence-electron chi connectivity index (χ4n) is 3.20. The molecule has 1 fully saturated rings. The highest BCUT2D eigenvalue weighted by Crippen LogP contribution is 2.43. The summed E-state index contributed by atoms with van der Waals surface area (Å²) in [6.07, 6.45) is 3.87. The molecule has 2 heteroatoms. The van der Waals surface area contributed by atoms with Crippen LogP contribution < -0.4 is 4.74 Å². The Morgan fingerprint density at radius 1 is 0.952 bits per heavy atom. The number of hydrogen-bond acceptors (Lipinski definition) is 1. The Morgan fingerprint density at radius 3 is 2.24 bits per heavy atom. The highest BCUT2D eigenvalue weighted by Gasteiger charge is 2.30. The number of para-hydroxylation sites is 1. The predicted octanol–water partition coefficient (Wildman–Crippen LogP) is 6.20. The number of ether oxygens (including phenoxy) is 1. The zero-order valence-corrected chi connectivity index (χ0v) is 13.1. The Labute approximate surface area is 131 Å². The predicted molar refractivity (Wildman–Crippen MR) is 88.1 cm³/mol. The molecule has 0 bridgehead atoms. The van der Waals surface area contributed by atoms with Crippen LogP contribution in [0.2, 0.25) is 0 Å². The molecule has 1 aliphatic rings. The van der Waals surface area contributed by atoms with E-state index in [0.717, 1.165) is 17.4 Å². The molecule has 0 aliphatic heterocycles. The van der Waals surface area contributed by atoms with Crippen molar-refractivity contribution in [3.8, 4) is 11.5 Å². The Bertz CT molecular complexity index is 564. The molecule has 3 atom stereocenters. The minimum Gasteiger partial charge on any atom is -0.457 e. The fraction of sp³-hybridized carbons (Fsp3) is 0.368. The minimum atomic E-state index is 0.119. The summed E-state index contributed by atoms with van der Waals surface area (Å²) in [5, 5.41) is 0.119. The average Bonchev–Trinajstić information content (AvgIpc) is 2.94. The smallest absolute Gasteiger partial charge is 0.127 e. The van der Waals surface area contributed by atoms with Gasteiger partial charge in [-0.2, -0.15) is 0 Å². The van der Waals surface area contributed by atoms with Gasteiger partial charge in [-0.1, -0.05) is 50.1 Å². The largest absolute Gasteiger partial charge is 0.457 e. The third-order valence-electron chi connectivity index (χ3n) is 4.48. The van der Waals surface area contributed by atoms with E-state index in [0.29, 0.717) is 5.92 Å². The van der Waals surface area contributed by atoms with E-state index in [9.17, 15) is 0 Å². The van der Waals surface area contributed by atoms with E-state index in [2.05, 4.69) is 19.1 Å². The highest BCUT2D eigenvalue weighted by atomic mass is 35.5. The summed E-state index contributed by atoms with van der Waals surface area (Å²) in [6, 6.07) is 18.1. The molecule has 2 aromatic rings. The zero-order valence-electron chi connectivity index (χ0n) is 12.3. The van der Waals surface area contributed by atoms with Crippen LogP contribution in [0.1, 0.15) is 37.1 Å². The second-order valence-corrected chi connectivity index (χ2v) is 6.43. The van der Waals surface area contributed by atoms with Crippen molar-refractivity contribution in [3.05, 3.63) is 60.2 Å². The number of hydrogen-bond donors (Lipinski definition) is 0. The number of alkyl halides is 1. The summed E-state index contributed by atoms with van der Waals surface area (Å²) in [7, 11) is 0. The van der Waals surface area contributed by atoms with Gasteiger partial charge in [0.2, 0.25) is 0 Å². The average molecular weight is 301 g/mol. The second kappa shape index (κ2) is 6.53. The molecule has 0 heterocycles. The van der Waals surface area contributed by atoms with E-state index in [-0.39, 0.29) is 5.38 Å². The van der Waals surface area contributed by atoms with Gasteiger partial charge in [0.25, 0.3) is 0 Å². The Balaban J connectivity index is 1.69. The van der Waals surface area contributed by atoms with Crippen LogP contribution in [0.4, 0.5) is 0 Å². The molecular formula is C19H21ClO. The first-order chi connectivity index (χ1) is 10.2. The third-order valence-corrected chi connectivity index (χ3v) is 5.06. The van der Waals surface area contributed by atoms with E-state index in [1.165, 1.54) is 24.8 Å². The van der Waals surface area contributed by atoms with Crippen LogP contribution in [-0.4, -0.2) is 0 Å². The number of rotatable bonds is 4. The van der Waals surface area contributed by atoms with Gasteiger partial charge < -0.3 is 4.74 Å². The SMILES string of the molecule is CC1CCCC1C(Cl)c1ccc(Oc2ccccc2)cc1. The van der Waals surface area contributed by atoms with E-state index in [1.807, 2.05) is 42.5 Å². The van der Waals surface area contributed by atoms with Crippen molar-refractivity contribution in [3.63, 3.8) is 0 Å². The Hall–Kier alpha value is -1.47. The first-order valence-corrected chi connectivity index (χ1v) is 8.14. The summed E-state index contributed by atoms with van der Waals surface area (Å²) in [5.74, 6) is 3.05. The lowest BCUT2D eigenvalue weighted by Gasteiger charge is -2.22. The van der Waals surface area contributed by atoms with Crippen molar-refractivity contribution in [1.82, 2.24) is 0 Å². The molecule has 0 radical (unpaired) electrons. The van der Waals surface area contributed by atoms with E-state index in [4.69, 9.17) is 16.3 Å². The van der Waals surface area contributed by atoms with Crippen LogP contribution in [-0.2, 0) is 0 Å². The van der Waals surface area contributed by atoms with Crippen molar-refractivity contribution in [2.75, 3.05) is 0 Å². The summed E-state index contributed by atoms with van der Waals surface area (Å²) in [4.78, 5) is 0. The number of halogens is 1. The van der Waals surface area contributed by atoms with Gasteiger partial charge in [-0.05, 0) is 48.1 Å². The van der Waals surface area contributed by atoms with Crippen LogP contribution in [0.3, 0.4) is 0 Å². The molecule has 110 valence electrons. The molecule has 0 N–H and O–H groups in total. The lowest BCUT2D eigenvalue weighted by Crippen LogP contribution is -2.10. The monoisotopic (exact) mass is 300 g/mol. The molecule has 0 spiro atoms. The van der Waals surface area contributed by atoms with Crippen molar-refractivity contribution >= 4 is 11.6 Å². The van der Waals surface area contributed by atoms with Crippen LogP contribution >= 0.6 is 11.6 Å². The van der Waals surface area contributed by atoms with Gasteiger partial charge in [0.1, 0.15) is 11.5 Å². The van der Waals surface area contributed by atoms with E-state index in [1.54, 1.807) is 0 Å². The molecule has 21 heavy (non-hydrogen) atoms. The van der Waals surface area contributed by atoms with Crippen LogP contribution in [0, 0.1) is 11.8 Å². The molecule has 1 saturated carbocycles. The standard InChI is InChI=1S/C19H21ClO/c1-14-6-5-9-18(14)19(20)15-10-12-17(13-11-15)21-16-7-3-2-4-8-16/h2-4,7-8,10-14,18-19H,5-6,9H2,1H3. The third kappa shape index (κ3) is 3.41. The fourth-order valence-corrected chi connectivity index (χ4v) is 3.72. The number of benzene rings is 2. The lowest BCUT2D eigenvalue weighted by atomic mass is 9.90. The van der Waals surface area contributed by atoms with Gasteiger partial charge >= 0.3 is 0 Å². The van der Waals surface area contributed by atoms with Crippen LogP contribution in [0.15, 0.2) is 54.6 Å². The maximum Gasteiger partial charge on any atom is 0.127 e. The normalized spacial score (nSPS) is 23.0. The van der Waals surface area contributed by atoms with Crippen molar-refractivity contribution < 1.29 is 4.74 Å². The molecule has 0 amide bonds. The van der Waals surface area contributed by atoms with Crippen molar-refractivity contribution in [2.45, 2.75) is 31.6 Å². The molecular weight excluding hydrogens is 280 g/mol. The highest BCUT2D eigenvalue weighted by molar-refractivity contribution is 6.21. The maximum absolute atomic E-state index is 6.68. The first-order valence-electron chi connectivity index (χ1n) is 7.71. The minimum absolute atomic E-state index is 0.119. The molecule has 1 nitrogen and oxygen atoms in total. The maximum atomic E-state index is 6.68. The molecule has 0 aromatic heterocycles. The molecule has 3 unspecified atom stereocenters. The van der Waals surface area contributed by atoms with Gasteiger partial charge in [-0.3, -0.25) is 0 Å². The molecule has 1 aliphatic carbocycles. The van der Waals surface area contributed by atoms with Gasteiger partial charge in [-0.25, -0.2) is 0 Å². The zero-order chi connectivity index (χ0) is 14.7. The first kappa shape index (κ1) is 14.5. The van der Waals surface area contributed by atoms with Gasteiger partial charge in [0.05, 0.1) is 5.38 Å². The van der Waals surface area contributed by atoms with Gasteiger partial charge in [-0.15, -0.1) is 11.6 Å². The molecule has 3 rings (SSSR count). The molecule has 2 aromatic carbocycles. The lowest BCUT2D eigenvalue weighted by molar-refractivity contribution is 0.405. The van der Waals surface area contributed by atoms with Gasteiger partial charge in [0, 0.05) is 0 Å². The molecule has 0 saturated heterocycles. The summed E-state index contributed by atoms with van der Waals surface area (Å²) >= 11 is 6.68. The quantitative estimate of drug-likeness (QED) is 0.611. The Morgan fingerprint density at radius 2 is 1.62 bits per heavy atom. The van der Waals surface area contributed by atoms with Gasteiger partial charge in [0.15, 0.2) is 0 Å². The summed E-state index contributed by atoms with van der Waals surface area (Å²) < 4.78 is 5.82. The second-order valence-electron chi connectivity index (χ2n) is 5.96. The van der Waals surface area contributed by atoms with Crippen molar-refractivity contribution in [1.29, 1.82) is 0 Å². The summed E-state index contributed by atoms with van der Waals surface area (Å²) in [5.41, 5.74) is 1.20. The topological polar surface area (TPSA) is 9.23 Å². The summed E-state index contributed by atoms with van der Waals surface area (Å²) in [6.45, 7) is 2.32.